The van der Waals surface area contributed by atoms with Crippen LogP contribution >= 0.6 is 0 Å². The van der Waals surface area contributed by atoms with Gasteiger partial charge in [0.1, 0.15) is 5.75 Å². The highest BCUT2D eigenvalue weighted by atomic mass is 19.4. The van der Waals surface area contributed by atoms with Crippen LogP contribution in [0.4, 0.5) is 18.9 Å². The number of hydrogen-bond acceptors (Lipinski definition) is 4. The molecule has 0 bridgehead atoms. The zero-order valence-electron chi connectivity index (χ0n) is 14.5. The minimum absolute atomic E-state index is 0.0240. The van der Waals surface area contributed by atoms with Crippen molar-refractivity contribution in [3.05, 3.63) is 59.7 Å². The molecule has 2 aromatic carbocycles. The number of aryl methyl sites for hydroxylation is 1. The van der Waals surface area contributed by atoms with E-state index in [0.29, 0.717) is 12.2 Å². The molecule has 0 atom stereocenters. The van der Waals surface area contributed by atoms with Crippen molar-refractivity contribution in [1.82, 2.24) is 0 Å². The molecule has 0 fully saturated rings. The van der Waals surface area contributed by atoms with E-state index >= 15 is 0 Å². The molecule has 0 unspecified atom stereocenters. The van der Waals surface area contributed by atoms with E-state index in [4.69, 9.17) is 9.47 Å². The normalized spacial score (nSPS) is 11.0. The van der Waals surface area contributed by atoms with E-state index in [1.165, 1.54) is 12.1 Å². The second-order valence-electron chi connectivity index (χ2n) is 5.64. The molecule has 0 aliphatic carbocycles. The van der Waals surface area contributed by atoms with Gasteiger partial charge >= 0.3 is 12.1 Å². The van der Waals surface area contributed by atoms with Gasteiger partial charge in [-0.15, -0.1) is 0 Å². The fraction of sp³-hybridized carbons (Fsp3) is 0.263. The van der Waals surface area contributed by atoms with E-state index < -0.39 is 30.2 Å². The van der Waals surface area contributed by atoms with Gasteiger partial charge in [-0.1, -0.05) is 18.2 Å². The molecule has 0 radical (unpaired) electrons. The van der Waals surface area contributed by atoms with E-state index in [1.54, 1.807) is 19.2 Å². The zero-order valence-corrected chi connectivity index (χ0v) is 14.5. The Morgan fingerprint density at radius 3 is 2.41 bits per heavy atom. The van der Waals surface area contributed by atoms with Gasteiger partial charge in [0, 0.05) is 12.1 Å². The van der Waals surface area contributed by atoms with Crippen molar-refractivity contribution in [3.8, 4) is 5.75 Å². The maximum Gasteiger partial charge on any atom is 0.416 e. The summed E-state index contributed by atoms with van der Waals surface area (Å²) in [6, 6.07) is 11.4. The molecule has 2 aromatic rings. The third-order valence-electron chi connectivity index (χ3n) is 3.61. The number of benzene rings is 2. The zero-order chi connectivity index (χ0) is 19.9. The largest absolute Gasteiger partial charge is 0.497 e. The first-order valence-electron chi connectivity index (χ1n) is 8.03. The van der Waals surface area contributed by atoms with Crippen molar-refractivity contribution in [1.29, 1.82) is 0 Å². The Bertz CT molecular complexity index is 788. The topological polar surface area (TPSA) is 64.6 Å². The van der Waals surface area contributed by atoms with E-state index in [0.717, 1.165) is 17.7 Å². The number of nitrogens with one attached hydrogen (secondary N) is 1. The Kier molecular flexibility index (Phi) is 6.81. The summed E-state index contributed by atoms with van der Waals surface area (Å²) < 4.78 is 47.8. The molecule has 0 aliphatic rings. The molecule has 0 spiro atoms. The molecule has 8 heteroatoms. The van der Waals surface area contributed by atoms with Crippen LogP contribution in [0, 0.1) is 0 Å². The molecule has 1 amide bonds. The summed E-state index contributed by atoms with van der Waals surface area (Å²) >= 11 is 0. The molecule has 5 nitrogen and oxygen atoms in total. The average molecular weight is 381 g/mol. The first-order valence-corrected chi connectivity index (χ1v) is 8.03. The molecular formula is C19H18F3NO4. The number of carbonyl (C=O) groups excluding carboxylic acids is 2. The Morgan fingerprint density at radius 2 is 1.78 bits per heavy atom. The van der Waals surface area contributed by atoms with E-state index in [1.807, 2.05) is 12.1 Å². The third-order valence-corrected chi connectivity index (χ3v) is 3.61. The number of carbonyl (C=O) groups is 2. The molecule has 0 aliphatic heterocycles. The van der Waals surface area contributed by atoms with Gasteiger partial charge in [-0.2, -0.15) is 13.2 Å². The SMILES string of the molecule is COc1ccc(CCC(=O)OCC(=O)Nc2cccc(C(F)(F)F)c2)cc1. The van der Waals surface area contributed by atoms with Crippen LogP contribution in [0.1, 0.15) is 17.5 Å². The lowest BCUT2D eigenvalue weighted by molar-refractivity contribution is -0.147. The Balaban J connectivity index is 1.77. The van der Waals surface area contributed by atoms with Crippen LogP contribution < -0.4 is 10.1 Å². The fourth-order valence-electron chi connectivity index (χ4n) is 2.23. The lowest BCUT2D eigenvalue weighted by Gasteiger charge is -2.10. The number of ether oxygens (including phenoxy) is 2. The van der Waals surface area contributed by atoms with Crippen molar-refractivity contribution in [3.63, 3.8) is 0 Å². The molecule has 0 aromatic heterocycles. The highest BCUT2D eigenvalue weighted by molar-refractivity contribution is 5.92. The van der Waals surface area contributed by atoms with Crippen molar-refractivity contribution in [2.45, 2.75) is 19.0 Å². The summed E-state index contributed by atoms with van der Waals surface area (Å²) in [4.78, 5) is 23.4. The second kappa shape index (κ2) is 9.07. The Hall–Kier alpha value is -3.03. The molecule has 144 valence electrons. The standard InChI is InChI=1S/C19H18F3NO4/c1-26-16-8-5-13(6-9-16)7-10-18(25)27-12-17(24)23-15-4-2-3-14(11-15)19(20,21)22/h2-6,8-9,11H,7,10,12H2,1H3,(H,23,24). The number of amides is 1. The number of halogens is 3. The summed E-state index contributed by atoms with van der Waals surface area (Å²) in [6.45, 7) is -0.572. The minimum Gasteiger partial charge on any atom is -0.497 e. The predicted molar refractivity (Wildman–Crippen MR) is 92.3 cm³/mol. The smallest absolute Gasteiger partial charge is 0.416 e. The van der Waals surface area contributed by atoms with Crippen LogP contribution in [-0.4, -0.2) is 25.6 Å². The van der Waals surface area contributed by atoms with Crippen LogP contribution in [0.5, 0.6) is 5.75 Å². The molecular weight excluding hydrogens is 363 g/mol. The summed E-state index contributed by atoms with van der Waals surface area (Å²) in [7, 11) is 1.55. The number of rotatable bonds is 7. The second-order valence-corrected chi connectivity index (χ2v) is 5.64. The van der Waals surface area contributed by atoms with Crippen LogP contribution in [0.3, 0.4) is 0 Å². The van der Waals surface area contributed by atoms with Gasteiger partial charge in [0.2, 0.25) is 0 Å². The minimum atomic E-state index is -4.51. The van der Waals surface area contributed by atoms with Gasteiger partial charge in [-0.3, -0.25) is 9.59 Å². The van der Waals surface area contributed by atoms with Gasteiger partial charge in [0.15, 0.2) is 6.61 Å². The van der Waals surface area contributed by atoms with E-state index in [9.17, 15) is 22.8 Å². The van der Waals surface area contributed by atoms with Crippen molar-refractivity contribution >= 4 is 17.6 Å². The number of hydrogen-bond donors (Lipinski definition) is 1. The van der Waals surface area contributed by atoms with Crippen molar-refractivity contribution in [2.24, 2.45) is 0 Å². The quantitative estimate of drug-likeness (QED) is 0.741. The van der Waals surface area contributed by atoms with Crippen LogP contribution in [0.25, 0.3) is 0 Å². The van der Waals surface area contributed by atoms with E-state index in [2.05, 4.69) is 5.32 Å². The summed E-state index contributed by atoms with van der Waals surface area (Å²) in [5, 5.41) is 2.27. The van der Waals surface area contributed by atoms with Gasteiger partial charge in [0.25, 0.3) is 5.91 Å². The summed E-state index contributed by atoms with van der Waals surface area (Å²) in [6.07, 6.45) is -4.00. The number of methoxy groups -OCH3 is 1. The first kappa shape index (κ1) is 20.3. The number of anilines is 1. The molecule has 2 rings (SSSR count). The molecule has 0 heterocycles. The average Bonchev–Trinajstić information content (AvgIpc) is 2.64. The van der Waals surface area contributed by atoms with Gasteiger partial charge in [-0.05, 0) is 42.3 Å². The highest BCUT2D eigenvalue weighted by Gasteiger charge is 2.30. The first-order chi connectivity index (χ1) is 12.8. The van der Waals surface area contributed by atoms with Gasteiger partial charge in [0.05, 0.1) is 12.7 Å². The van der Waals surface area contributed by atoms with Gasteiger partial charge in [-0.25, -0.2) is 0 Å². The highest BCUT2D eigenvalue weighted by Crippen LogP contribution is 2.30. The van der Waals surface area contributed by atoms with Crippen LogP contribution in [-0.2, 0) is 26.9 Å². The van der Waals surface area contributed by atoms with Crippen molar-refractivity contribution < 1.29 is 32.2 Å². The molecule has 0 saturated heterocycles. The van der Waals surface area contributed by atoms with Crippen LogP contribution in [0.15, 0.2) is 48.5 Å². The lowest BCUT2D eigenvalue weighted by Crippen LogP contribution is -2.21. The number of esters is 1. The summed E-state index contributed by atoms with van der Waals surface area (Å²) in [5.41, 5.74) is 0.00191. The van der Waals surface area contributed by atoms with Crippen molar-refractivity contribution in [2.75, 3.05) is 19.0 Å². The maximum absolute atomic E-state index is 12.6. The molecule has 27 heavy (non-hydrogen) atoms. The summed E-state index contributed by atoms with van der Waals surface area (Å²) in [5.74, 6) is -0.593. The Labute approximate surface area is 154 Å². The molecule has 0 saturated carbocycles. The molecule has 1 N–H and O–H groups in total. The lowest BCUT2D eigenvalue weighted by atomic mass is 10.1. The Morgan fingerprint density at radius 1 is 1.07 bits per heavy atom. The van der Waals surface area contributed by atoms with E-state index in [-0.39, 0.29) is 12.1 Å². The maximum atomic E-state index is 12.6. The number of alkyl halides is 3. The predicted octanol–water partition coefficient (Wildman–Crippen LogP) is 3.83. The van der Waals surface area contributed by atoms with Crippen LogP contribution in [0.2, 0.25) is 0 Å². The monoisotopic (exact) mass is 381 g/mol. The third kappa shape index (κ3) is 6.65. The fourth-order valence-corrected chi connectivity index (χ4v) is 2.23. The van der Waals surface area contributed by atoms with Gasteiger partial charge < -0.3 is 14.8 Å².